The molecule has 2 heteroatoms. The van der Waals surface area contributed by atoms with Gasteiger partial charge in [0, 0.05) is 6.92 Å². The second-order valence-electron chi connectivity index (χ2n) is 5.76. The topological polar surface area (TPSA) is 26.3 Å². The first kappa shape index (κ1) is 14.3. The van der Waals surface area contributed by atoms with Crippen molar-refractivity contribution in [3.05, 3.63) is 12.2 Å². The second kappa shape index (κ2) is 6.83. The van der Waals surface area contributed by atoms with E-state index in [0.29, 0.717) is 6.61 Å². The highest BCUT2D eigenvalue weighted by atomic mass is 16.5. The average Bonchev–Trinajstić information content (AvgIpc) is 2.27. The predicted octanol–water partition coefficient (Wildman–Crippen LogP) is 3.96. The predicted molar refractivity (Wildman–Crippen MR) is 70.7 cm³/mol. The smallest absolute Gasteiger partial charge is 0.302 e. The van der Waals surface area contributed by atoms with Gasteiger partial charge >= 0.3 is 5.97 Å². The van der Waals surface area contributed by atoms with Crippen molar-refractivity contribution < 1.29 is 9.53 Å². The van der Waals surface area contributed by atoms with Gasteiger partial charge in [0.05, 0.1) is 0 Å². The molecule has 0 aliphatic heterocycles. The van der Waals surface area contributed by atoms with E-state index in [1.807, 2.05) is 0 Å². The molecule has 0 saturated heterocycles. The third-order valence-electron chi connectivity index (χ3n) is 3.89. The summed E-state index contributed by atoms with van der Waals surface area (Å²) in [6.07, 6.45) is 6.34. The first-order valence-corrected chi connectivity index (χ1v) is 6.79. The minimum absolute atomic E-state index is 0.213. The van der Waals surface area contributed by atoms with Crippen molar-refractivity contribution >= 4 is 5.97 Å². The molecule has 17 heavy (non-hydrogen) atoms. The molecular weight excluding hydrogens is 212 g/mol. The number of hydrogen-bond donors (Lipinski definition) is 0. The van der Waals surface area contributed by atoms with Gasteiger partial charge in [-0.25, -0.2) is 0 Å². The van der Waals surface area contributed by atoms with E-state index in [4.69, 9.17) is 4.74 Å². The van der Waals surface area contributed by atoms with E-state index in [-0.39, 0.29) is 5.97 Å². The Bertz CT molecular complexity index is 260. The summed E-state index contributed by atoms with van der Waals surface area (Å²) in [4.78, 5) is 10.7. The highest BCUT2D eigenvalue weighted by molar-refractivity contribution is 5.66. The highest BCUT2D eigenvalue weighted by Gasteiger charge is 2.23. The summed E-state index contributed by atoms with van der Waals surface area (Å²) in [5, 5.41) is 0. The quantitative estimate of drug-likeness (QED) is 0.535. The van der Waals surface area contributed by atoms with Gasteiger partial charge in [0.2, 0.25) is 0 Å². The summed E-state index contributed by atoms with van der Waals surface area (Å²) in [6, 6.07) is 0. The molecule has 1 aliphatic carbocycles. The van der Waals surface area contributed by atoms with Crippen molar-refractivity contribution in [1.29, 1.82) is 0 Å². The van der Waals surface area contributed by atoms with Crippen LogP contribution in [0.2, 0.25) is 0 Å². The van der Waals surface area contributed by atoms with Gasteiger partial charge in [0.15, 0.2) is 0 Å². The van der Waals surface area contributed by atoms with Crippen LogP contribution < -0.4 is 0 Å². The number of ether oxygens (including phenoxy) is 1. The number of hydrogen-bond acceptors (Lipinski definition) is 2. The minimum atomic E-state index is -0.213. The Labute approximate surface area is 105 Å². The molecule has 0 atom stereocenters. The molecule has 1 fully saturated rings. The van der Waals surface area contributed by atoms with E-state index in [9.17, 15) is 4.79 Å². The fraction of sp³-hybridized carbons (Fsp3) is 0.800. The van der Waals surface area contributed by atoms with Gasteiger partial charge in [-0.05, 0) is 55.4 Å². The number of esters is 1. The molecule has 0 radical (unpaired) electrons. The van der Waals surface area contributed by atoms with E-state index in [0.717, 1.165) is 29.7 Å². The minimum Gasteiger partial charge on any atom is -0.461 e. The molecule has 1 aliphatic rings. The van der Waals surface area contributed by atoms with Gasteiger partial charge in [0.1, 0.15) is 6.61 Å². The zero-order valence-corrected chi connectivity index (χ0v) is 11.5. The third kappa shape index (κ3) is 5.38. The van der Waals surface area contributed by atoms with Gasteiger partial charge in [-0.3, -0.25) is 4.79 Å². The van der Waals surface area contributed by atoms with Gasteiger partial charge < -0.3 is 4.74 Å². The van der Waals surface area contributed by atoms with Gasteiger partial charge in [-0.2, -0.15) is 0 Å². The summed E-state index contributed by atoms with van der Waals surface area (Å²) in [5.74, 6) is 2.27. The van der Waals surface area contributed by atoms with Crippen LogP contribution in [0.25, 0.3) is 0 Å². The lowest BCUT2D eigenvalue weighted by Gasteiger charge is -2.31. The van der Waals surface area contributed by atoms with Crippen molar-refractivity contribution in [2.75, 3.05) is 6.61 Å². The summed E-state index contributed by atoms with van der Waals surface area (Å²) in [5.41, 5.74) is 1.06. The Morgan fingerprint density at radius 2 is 1.88 bits per heavy atom. The van der Waals surface area contributed by atoms with E-state index in [1.54, 1.807) is 0 Å². The highest BCUT2D eigenvalue weighted by Crippen LogP contribution is 2.35. The molecule has 0 aromatic rings. The second-order valence-corrected chi connectivity index (χ2v) is 5.76. The molecule has 0 spiro atoms. The summed E-state index contributed by atoms with van der Waals surface area (Å²) >= 11 is 0. The van der Waals surface area contributed by atoms with Crippen molar-refractivity contribution in [2.24, 2.45) is 17.8 Å². The van der Waals surface area contributed by atoms with E-state index in [2.05, 4.69) is 20.4 Å². The Morgan fingerprint density at radius 3 is 2.35 bits per heavy atom. The van der Waals surface area contributed by atoms with Crippen LogP contribution >= 0.6 is 0 Å². The number of carbonyl (C=O) groups excluding carboxylic acids is 1. The first-order valence-electron chi connectivity index (χ1n) is 6.79. The van der Waals surface area contributed by atoms with Crippen molar-refractivity contribution in [3.63, 3.8) is 0 Å². The molecule has 98 valence electrons. The summed E-state index contributed by atoms with van der Waals surface area (Å²) in [7, 11) is 0. The Balaban J connectivity index is 2.21. The van der Waals surface area contributed by atoms with E-state index < -0.39 is 0 Å². The van der Waals surface area contributed by atoms with Gasteiger partial charge in [0.25, 0.3) is 0 Å². The van der Waals surface area contributed by atoms with Crippen LogP contribution in [0.4, 0.5) is 0 Å². The standard InChI is InChI=1S/C15H26O2/c1-11(2)15-7-5-14(6-8-15)9-12(3)10-17-13(4)16/h11,14-15H,3,5-10H2,1-2,4H3. The number of rotatable bonds is 5. The zero-order valence-electron chi connectivity index (χ0n) is 11.5. The maximum atomic E-state index is 10.7. The Morgan fingerprint density at radius 1 is 1.29 bits per heavy atom. The van der Waals surface area contributed by atoms with Crippen molar-refractivity contribution in [3.8, 4) is 0 Å². The summed E-state index contributed by atoms with van der Waals surface area (Å²) in [6.45, 7) is 10.5. The number of carbonyl (C=O) groups is 1. The van der Waals surface area contributed by atoms with Crippen LogP contribution in [0.15, 0.2) is 12.2 Å². The zero-order chi connectivity index (χ0) is 12.8. The molecule has 0 aromatic heterocycles. The lowest BCUT2D eigenvalue weighted by molar-refractivity contribution is -0.140. The van der Waals surface area contributed by atoms with Crippen LogP contribution in [0.5, 0.6) is 0 Å². The molecule has 0 amide bonds. The van der Waals surface area contributed by atoms with Gasteiger partial charge in [-0.1, -0.05) is 20.4 Å². The average molecular weight is 238 g/mol. The molecule has 0 aromatic carbocycles. The molecule has 1 rings (SSSR count). The van der Waals surface area contributed by atoms with Crippen molar-refractivity contribution in [1.82, 2.24) is 0 Å². The SMILES string of the molecule is C=C(COC(C)=O)CC1CCC(C(C)C)CC1. The third-order valence-corrected chi connectivity index (χ3v) is 3.89. The van der Waals surface area contributed by atoms with Crippen LogP contribution in [0, 0.1) is 17.8 Å². The Hall–Kier alpha value is -0.790. The fourth-order valence-electron chi connectivity index (χ4n) is 2.73. The molecule has 0 heterocycles. The molecule has 0 N–H and O–H groups in total. The largest absolute Gasteiger partial charge is 0.461 e. The summed E-state index contributed by atoms with van der Waals surface area (Å²) < 4.78 is 4.97. The van der Waals surface area contributed by atoms with Crippen LogP contribution in [-0.4, -0.2) is 12.6 Å². The monoisotopic (exact) mass is 238 g/mol. The van der Waals surface area contributed by atoms with Crippen LogP contribution in [-0.2, 0) is 9.53 Å². The van der Waals surface area contributed by atoms with Gasteiger partial charge in [-0.15, -0.1) is 0 Å². The molecule has 0 bridgehead atoms. The normalized spacial score (nSPS) is 24.7. The Kier molecular flexibility index (Phi) is 5.73. The molecular formula is C15H26O2. The molecule has 0 unspecified atom stereocenters. The van der Waals surface area contributed by atoms with E-state index in [1.165, 1.54) is 32.6 Å². The van der Waals surface area contributed by atoms with Crippen molar-refractivity contribution in [2.45, 2.75) is 52.9 Å². The maximum Gasteiger partial charge on any atom is 0.302 e. The molecule has 1 saturated carbocycles. The van der Waals surface area contributed by atoms with E-state index >= 15 is 0 Å². The fourth-order valence-corrected chi connectivity index (χ4v) is 2.73. The maximum absolute atomic E-state index is 10.7. The van der Waals surface area contributed by atoms with Crippen LogP contribution in [0.1, 0.15) is 52.9 Å². The van der Waals surface area contributed by atoms with Crippen LogP contribution in [0.3, 0.4) is 0 Å². The molecule has 2 nitrogen and oxygen atoms in total. The lowest BCUT2D eigenvalue weighted by atomic mass is 9.75. The first-order chi connectivity index (χ1) is 7.99. The lowest BCUT2D eigenvalue weighted by Crippen LogP contribution is -2.19.